The van der Waals surface area contributed by atoms with Crippen LogP contribution in [0.2, 0.25) is 5.02 Å². The third kappa shape index (κ3) is 4.83. The van der Waals surface area contributed by atoms with E-state index in [1.807, 2.05) is 0 Å². The van der Waals surface area contributed by atoms with Gasteiger partial charge in [0.2, 0.25) is 5.91 Å². The predicted molar refractivity (Wildman–Crippen MR) is 121 cm³/mol. The number of urea groups is 1. The summed E-state index contributed by atoms with van der Waals surface area (Å²) in [6, 6.07) is 15.6. The number of benzene rings is 2. The lowest BCUT2D eigenvalue weighted by Gasteiger charge is -2.28. The second-order valence-corrected chi connectivity index (χ2v) is 7.54. The standard InChI is InChI=1S/C23H18ClN5O4/c24-16-6-8-17(9-7-16)26-23(33)29(27-21(31)15-10-12-25-13-11-15)19-14-20(30)28(22(19)32)18-4-2-1-3-5-18/h1-13,19H,14H2,(H,26,33)(H,27,31)/t19-/m0/s1. The van der Waals surface area contributed by atoms with Gasteiger partial charge >= 0.3 is 6.03 Å². The molecule has 1 atom stereocenters. The maximum atomic E-state index is 13.2. The van der Waals surface area contributed by atoms with Crippen molar-refractivity contribution in [3.05, 3.63) is 89.7 Å². The van der Waals surface area contributed by atoms with Crippen LogP contribution in [0.1, 0.15) is 16.8 Å². The quantitative estimate of drug-likeness (QED) is 0.455. The zero-order chi connectivity index (χ0) is 23.4. The molecule has 2 heterocycles. The summed E-state index contributed by atoms with van der Waals surface area (Å²) in [7, 11) is 0. The Kier molecular flexibility index (Phi) is 6.32. The molecule has 0 aliphatic carbocycles. The fourth-order valence-electron chi connectivity index (χ4n) is 3.33. The summed E-state index contributed by atoms with van der Waals surface area (Å²) in [5.41, 5.74) is 3.46. The molecule has 2 N–H and O–H groups in total. The number of carbonyl (C=O) groups excluding carboxylic acids is 4. The molecule has 2 aromatic carbocycles. The molecular weight excluding hydrogens is 446 g/mol. The van der Waals surface area contributed by atoms with Gasteiger partial charge in [0.15, 0.2) is 0 Å². The van der Waals surface area contributed by atoms with E-state index in [9.17, 15) is 19.2 Å². The molecule has 33 heavy (non-hydrogen) atoms. The van der Waals surface area contributed by atoms with Crippen molar-refractivity contribution < 1.29 is 19.2 Å². The van der Waals surface area contributed by atoms with Gasteiger partial charge in [0, 0.05) is 28.7 Å². The summed E-state index contributed by atoms with van der Waals surface area (Å²) < 4.78 is 0. The van der Waals surface area contributed by atoms with E-state index >= 15 is 0 Å². The molecule has 1 saturated heterocycles. The number of nitrogens with zero attached hydrogens (tertiary/aromatic N) is 3. The molecule has 0 bridgehead atoms. The first-order chi connectivity index (χ1) is 15.9. The highest BCUT2D eigenvalue weighted by atomic mass is 35.5. The minimum atomic E-state index is -1.24. The molecule has 0 saturated carbocycles. The van der Waals surface area contributed by atoms with Crippen LogP contribution in [-0.2, 0) is 9.59 Å². The number of amides is 5. The molecule has 1 aliphatic rings. The largest absolute Gasteiger partial charge is 0.341 e. The van der Waals surface area contributed by atoms with E-state index in [2.05, 4.69) is 15.7 Å². The topological polar surface area (TPSA) is 112 Å². The fourth-order valence-corrected chi connectivity index (χ4v) is 3.46. The number of aromatic nitrogens is 1. The van der Waals surface area contributed by atoms with Crippen LogP contribution in [0.5, 0.6) is 0 Å². The monoisotopic (exact) mass is 463 g/mol. The summed E-state index contributed by atoms with van der Waals surface area (Å²) in [5, 5.41) is 3.94. The number of halogens is 1. The zero-order valence-electron chi connectivity index (χ0n) is 17.1. The van der Waals surface area contributed by atoms with Crippen LogP contribution in [0, 0.1) is 0 Å². The number of para-hydroxylation sites is 1. The number of hydrazine groups is 1. The second-order valence-electron chi connectivity index (χ2n) is 7.11. The first-order valence-corrected chi connectivity index (χ1v) is 10.3. The number of rotatable bonds is 4. The van der Waals surface area contributed by atoms with Crippen LogP contribution in [0.25, 0.3) is 0 Å². The predicted octanol–water partition coefficient (Wildman–Crippen LogP) is 3.25. The molecule has 3 aromatic rings. The molecule has 1 aliphatic heterocycles. The van der Waals surface area contributed by atoms with Gasteiger partial charge in [0.1, 0.15) is 6.04 Å². The van der Waals surface area contributed by atoms with Crippen LogP contribution < -0.4 is 15.6 Å². The maximum Gasteiger partial charge on any atom is 0.341 e. The lowest BCUT2D eigenvalue weighted by Crippen LogP contribution is -2.56. The van der Waals surface area contributed by atoms with Crippen LogP contribution >= 0.6 is 11.6 Å². The maximum absolute atomic E-state index is 13.2. The highest BCUT2D eigenvalue weighted by molar-refractivity contribution is 6.30. The van der Waals surface area contributed by atoms with Gasteiger partial charge in [-0.15, -0.1) is 0 Å². The number of hydrogen-bond acceptors (Lipinski definition) is 5. The van der Waals surface area contributed by atoms with Crippen molar-refractivity contribution in [2.24, 2.45) is 0 Å². The summed E-state index contributed by atoms with van der Waals surface area (Å²) in [5.74, 6) is -1.76. The van der Waals surface area contributed by atoms with Crippen LogP contribution in [0.15, 0.2) is 79.1 Å². The first-order valence-electron chi connectivity index (χ1n) is 9.92. The number of nitrogens with one attached hydrogen (secondary N) is 2. The van der Waals surface area contributed by atoms with Crippen molar-refractivity contribution in [2.45, 2.75) is 12.5 Å². The number of pyridine rings is 1. The van der Waals surface area contributed by atoms with Gasteiger partial charge in [-0.2, -0.15) is 0 Å². The van der Waals surface area contributed by atoms with Gasteiger partial charge in [-0.05, 0) is 48.5 Å². The Morgan fingerprint density at radius 2 is 1.64 bits per heavy atom. The van der Waals surface area contributed by atoms with Crippen LogP contribution in [0.3, 0.4) is 0 Å². The molecule has 5 amide bonds. The van der Waals surface area contributed by atoms with Gasteiger partial charge in [-0.1, -0.05) is 29.8 Å². The molecule has 1 fully saturated rings. The van der Waals surface area contributed by atoms with Gasteiger partial charge in [-0.25, -0.2) is 14.7 Å². The van der Waals surface area contributed by atoms with Gasteiger partial charge < -0.3 is 5.32 Å². The fraction of sp³-hybridized carbons (Fsp3) is 0.0870. The Hall–Kier alpha value is -4.24. The van der Waals surface area contributed by atoms with Crippen molar-refractivity contribution in [3.8, 4) is 0 Å². The molecule has 1 aromatic heterocycles. The van der Waals surface area contributed by atoms with Crippen molar-refractivity contribution >= 4 is 46.7 Å². The highest BCUT2D eigenvalue weighted by Crippen LogP contribution is 2.25. The van der Waals surface area contributed by atoms with Gasteiger partial charge in [0.25, 0.3) is 11.8 Å². The summed E-state index contributed by atoms with van der Waals surface area (Å²) in [6.45, 7) is 0. The SMILES string of the molecule is O=C(NN(C(=O)Nc1ccc(Cl)cc1)[C@H]1CC(=O)N(c2ccccc2)C1=O)c1ccncc1. The van der Waals surface area contributed by atoms with Crippen molar-refractivity contribution in [3.63, 3.8) is 0 Å². The van der Waals surface area contributed by atoms with E-state index in [1.54, 1.807) is 54.6 Å². The summed E-state index contributed by atoms with van der Waals surface area (Å²) >= 11 is 5.89. The Morgan fingerprint density at radius 3 is 2.30 bits per heavy atom. The number of anilines is 2. The Labute approximate surface area is 193 Å². The van der Waals surface area contributed by atoms with E-state index in [-0.39, 0.29) is 12.0 Å². The van der Waals surface area contributed by atoms with Crippen molar-refractivity contribution in [1.82, 2.24) is 15.4 Å². The molecule has 0 spiro atoms. The van der Waals surface area contributed by atoms with Gasteiger partial charge in [-0.3, -0.25) is 24.8 Å². The Morgan fingerprint density at radius 1 is 0.970 bits per heavy atom. The first kappa shape index (κ1) is 22.0. The van der Waals surface area contributed by atoms with Crippen LogP contribution in [0.4, 0.5) is 16.2 Å². The van der Waals surface area contributed by atoms with Crippen LogP contribution in [-0.4, -0.2) is 39.8 Å². The van der Waals surface area contributed by atoms with Crippen molar-refractivity contribution in [1.29, 1.82) is 0 Å². The number of hydrogen-bond donors (Lipinski definition) is 2. The van der Waals surface area contributed by atoms with E-state index in [4.69, 9.17) is 11.6 Å². The Bertz CT molecular complexity index is 1190. The number of imide groups is 1. The third-order valence-corrected chi connectivity index (χ3v) is 5.18. The molecule has 0 radical (unpaired) electrons. The molecule has 10 heteroatoms. The minimum Gasteiger partial charge on any atom is -0.306 e. The lowest BCUT2D eigenvalue weighted by atomic mass is 10.2. The van der Waals surface area contributed by atoms with E-state index in [0.29, 0.717) is 16.4 Å². The molecule has 166 valence electrons. The lowest BCUT2D eigenvalue weighted by molar-refractivity contribution is -0.122. The average molecular weight is 464 g/mol. The summed E-state index contributed by atoms with van der Waals surface area (Å²) in [6.07, 6.45) is 2.56. The zero-order valence-corrected chi connectivity index (χ0v) is 17.9. The second kappa shape index (κ2) is 9.49. The third-order valence-electron chi connectivity index (χ3n) is 4.93. The Balaban J connectivity index is 1.62. The number of carbonyl (C=O) groups is 4. The smallest absolute Gasteiger partial charge is 0.306 e. The summed E-state index contributed by atoms with van der Waals surface area (Å²) in [4.78, 5) is 56.6. The van der Waals surface area contributed by atoms with Gasteiger partial charge in [0.05, 0.1) is 12.1 Å². The highest BCUT2D eigenvalue weighted by Gasteiger charge is 2.45. The molecule has 0 unspecified atom stereocenters. The normalized spacial score (nSPS) is 15.3. The van der Waals surface area contributed by atoms with Crippen molar-refractivity contribution in [2.75, 3.05) is 10.2 Å². The van der Waals surface area contributed by atoms with E-state index < -0.39 is 29.8 Å². The van der Waals surface area contributed by atoms with E-state index in [0.717, 1.165) is 9.91 Å². The molecular formula is C23H18ClN5O4. The van der Waals surface area contributed by atoms with E-state index in [1.165, 1.54) is 24.5 Å². The average Bonchev–Trinajstić information content (AvgIpc) is 3.13. The molecule has 4 rings (SSSR count). The molecule has 9 nitrogen and oxygen atoms in total. The minimum absolute atomic E-state index is 0.228.